The molecule has 0 spiro atoms. The quantitative estimate of drug-likeness (QED) is 0.673. The van der Waals surface area contributed by atoms with Gasteiger partial charge in [-0.25, -0.2) is 0 Å². The van der Waals surface area contributed by atoms with Crippen LogP contribution in [0, 0.1) is 0 Å². The Morgan fingerprint density at radius 2 is 2.32 bits per heavy atom. The van der Waals surface area contributed by atoms with Crippen molar-refractivity contribution in [3.05, 3.63) is 0 Å². The topological polar surface area (TPSA) is 79.8 Å². The number of alkyl halides is 3. The van der Waals surface area contributed by atoms with Crippen LogP contribution in [0.5, 0.6) is 0 Å². The van der Waals surface area contributed by atoms with E-state index in [9.17, 15) is 22.8 Å². The van der Waals surface area contributed by atoms with E-state index in [2.05, 4.69) is 15.2 Å². The van der Waals surface area contributed by atoms with Gasteiger partial charge >= 0.3 is 6.18 Å². The van der Waals surface area contributed by atoms with E-state index in [-0.39, 0.29) is 0 Å². The van der Waals surface area contributed by atoms with Crippen molar-refractivity contribution in [2.24, 2.45) is 5.10 Å². The Morgan fingerprint density at radius 3 is 2.79 bits per heavy atom. The van der Waals surface area contributed by atoms with Crippen LogP contribution in [0.1, 0.15) is 26.2 Å². The third-order valence-corrected chi connectivity index (χ3v) is 2.45. The molecule has 0 bridgehead atoms. The molecule has 0 aromatic heterocycles. The first-order valence-corrected chi connectivity index (χ1v) is 5.70. The van der Waals surface area contributed by atoms with Gasteiger partial charge in [0.05, 0.1) is 6.04 Å². The van der Waals surface area contributed by atoms with Crippen molar-refractivity contribution in [3.63, 3.8) is 0 Å². The molecule has 108 valence electrons. The Labute approximate surface area is 107 Å². The van der Waals surface area contributed by atoms with Crippen LogP contribution < -0.4 is 10.7 Å². The molecule has 0 fully saturated rings. The summed E-state index contributed by atoms with van der Waals surface area (Å²) in [6.45, 7) is 1.88. The fraction of sp³-hybridized carbons (Fsp3) is 0.700. The van der Waals surface area contributed by atoms with Crippen molar-refractivity contribution in [3.8, 4) is 0 Å². The second-order valence-corrected chi connectivity index (χ2v) is 3.93. The molecule has 1 aliphatic heterocycles. The van der Waals surface area contributed by atoms with Gasteiger partial charge in [-0.3, -0.25) is 15.0 Å². The number of nitrogens with zero attached hydrogens (tertiary/aromatic N) is 1. The van der Waals surface area contributed by atoms with E-state index >= 15 is 0 Å². The molecule has 1 heterocycles. The number of amides is 1. The predicted octanol–water partition coefficient (Wildman–Crippen LogP) is 0.682. The van der Waals surface area contributed by atoms with Gasteiger partial charge in [-0.2, -0.15) is 13.2 Å². The number of Topliss-reactive ketones (excluding diaryl/α,β-unsaturated/α-hetero) is 1. The zero-order chi connectivity index (χ0) is 14.5. The lowest BCUT2D eigenvalue weighted by Crippen LogP contribution is -2.42. The number of ether oxygens (including phenoxy) is 1. The van der Waals surface area contributed by atoms with Gasteiger partial charge in [0.1, 0.15) is 0 Å². The van der Waals surface area contributed by atoms with E-state index in [0.29, 0.717) is 19.3 Å². The Morgan fingerprint density at radius 1 is 1.63 bits per heavy atom. The number of nitrogens with one attached hydrogen (secondary N) is 2. The second-order valence-electron chi connectivity index (χ2n) is 3.93. The monoisotopic (exact) mass is 281 g/mol. The molecule has 0 aromatic carbocycles. The zero-order valence-corrected chi connectivity index (χ0v) is 10.2. The molecule has 0 radical (unpaired) electrons. The number of hydrazone groups is 1. The summed E-state index contributed by atoms with van der Waals surface area (Å²) in [7, 11) is 0. The molecule has 0 saturated carbocycles. The molecule has 19 heavy (non-hydrogen) atoms. The molecule has 9 heteroatoms. The zero-order valence-electron chi connectivity index (χ0n) is 10.2. The highest BCUT2D eigenvalue weighted by atomic mass is 19.4. The van der Waals surface area contributed by atoms with Crippen LogP contribution >= 0.6 is 0 Å². The molecule has 0 aromatic rings. The van der Waals surface area contributed by atoms with Crippen LogP contribution in [0.2, 0.25) is 0 Å². The number of hydrogen-bond acceptors (Lipinski definition) is 5. The number of hydrogen-bond donors (Lipinski definition) is 2. The summed E-state index contributed by atoms with van der Waals surface area (Å²) in [6.07, 6.45) is -4.94. The van der Waals surface area contributed by atoms with Gasteiger partial charge in [-0.1, -0.05) is 19.8 Å². The largest absolute Gasteiger partial charge is 0.446 e. The molecule has 1 amide bonds. The summed E-state index contributed by atoms with van der Waals surface area (Å²) in [5.74, 6) is -1.45. The van der Waals surface area contributed by atoms with Crippen molar-refractivity contribution >= 4 is 18.1 Å². The van der Waals surface area contributed by atoms with Gasteiger partial charge in [0.15, 0.2) is 0 Å². The molecule has 0 aliphatic carbocycles. The molecule has 0 saturated heterocycles. The normalized spacial score (nSPS) is 20.0. The molecule has 2 N–H and O–H groups in total. The van der Waals surface area contributed by atoms with E-state index in [1.807, 2.05) is 6.92 Å². The van der Waals surface area contributed by atoms with Crippen molar-refractivity contribution in [1.29, 1.82) is 0 Å². The van der Waals surface area contributed by atoms with Crippen LogP contribution in [-0.4, -0.2) is 36.5 Å². The van der Waals surface area contributed by atoms with Gasteiger partial charge in [-0.05, 0) is 6.42 Å². The summed E-state index contributed by atoms with van der Waals surface area (Å²) in [5.41, 5.74) is 1.68. The van der Waals surface area contributed by atoms with E-state index < -0.39 is 30.1 Å². The number of carbonyl (C=O) groups excluding carboxylic acids is 2. The minimum Gasteiger partial charge on any atom is -0.439 e. The molecule has 1 rings (SSSR count). The predicted molar refractivity (Wildman–Crippen MR) is 59.0 cm³/mol. The van der Waals surface area contributed by atoms with Crippen LogP contribution in [0.25, 0.3) is 0 Å². The molecule has 1 aliphatic rings. The van der Waals surface area contributed by atoms with Crippen molar-refractivity contribution in [2.45, 2.75) is 44.6 Å². The van der Waals surface area contributed by atoms with Gasteiger partial charge < -0.3 is 10.1 Å². The van der Waals surface area contributed by atoms with Crippen LogP contribution in [0.4, 0.5) is 13.2 Å². The number of rotatable bonds is 7. The lowest BCUT2D eigenvalue weighted by atomic mass is 10.1. The summed E-state index contributed by atoms with van der Waals surface area (Å²) < 4.78 is 41.3. The lowest BCUT2D eigenvalue weighted by molar-refractivity contribution is -0.202. The van der Waals surface area contributed by atoms with E-state index in [1.165, 1.54) is 0 Å². The molecule has 2 atom stereocenters. The summed E-state index contributed by atoms with van der Waals surface area (Å²) >= 11 is 0. The third-order valence-electron chi connectivity index (χ3n) is 2.45. The molecular weight excluding hydrogens is 267 g/mol. The van der Waals surface area contributed by atoms with Crippen molar-refractivity contribution in [2.75, 3.05) is 0 Å². The van der Waals surface area contributed by atoms with Crippen molar-refractivity contribution < 1.29 is 27.5 Å². The van der Waals surface area contributed by atoms with E-state index in [4.69, 9.17) is 0 Å². The smallest absolute Gasteiger partial charge is 0.439 e. The average molecular weight is 281 g/mol. The first-order chi connectivity index (χ1) is 8.90. The third kappa shape index (κ3) is 4.11. The van der Waals surface area contributed by atoms with Crippen LogP contribution in [0.3, 0.4) is 0 Å². The number of carbonyl (C=O) groups is 2. The Balaban J connectivity index is 2.63. The Hall–Kier alpha value is -1.80. The maximum Gasteiger partial charge on any atom is 0.446 e. The van der Waals surface area contributed by atoms with Crippen LogP contribution in [-0.2, 0) is 14.3 Å². The highest BCUT2D eigenvalue weighted by Gasteiger charge is 2.47. The number of ketones is 1. The van der Waals surface area contributed by atoms with Crippen molar-refractivity contribution in [1.82, 2.24) is 10.7 Å². The summed E-state index contributed by atoms with van der Waals surface area (Å²) in [6, 6.07) is -0.926. The van der Waals surface area contributed by atoms with Gasteiger partial charge in [0.25, 0.3) is 12.1 Å². The highest BCUT2D eigenvalue weighted by Crippen LogP contribution is 2.24. The standard InChI is InChI=1S/C10H14F3N3O3/c1-2-3-4-6(14-5-17)7(18)8-15-16-9(19-8)10(11,12)13/h5-6,9,16H,2-4H2,1H3,(H,14,17). The Kier molecular flexibility index (Phi) is 5.13. The average Bonchev–Trinajstić information content (AvgIpc) is 2.83. The lowest BCUT2D eigenvalue weighted by Gasteiger charge is -2.16. The van der Waals surface area contributed by atoms with E-state index in [1.54, 1.807) is 5.43 Å². The van der Waals surface area contributed by atoms with Gasteiger partial charge in [0.2, 0.25) is 12.2 Å². The van der Waals surface area contributed by atoms with Gasteiger partial charge in [-0.15, -0.1) is 5.10 Å². The number of unbranched alkanes of at least 4 members (excludes halogenated alkanes) is 1. The molecule has 2 unspecified atom stereocenters. The fourth-order valence-electron chi connectivity index (χ4n) is 1.46. The van der Waals surface area contributed by atoms with E-state index in [0.717, 1.165) is 6.42 Å². The summed E-state index contributed by atoms with van der Waals surface area (Å²) in [5, 5.41) is 5.46. The molecule has 6 nitrogen and oxygen atoms in total. The van der Waals surface area contributed by atoms with Gasteiger partial charge in [0, 0.05) is 0 Å². The maximum absolute atomic E-state index is 12.3. The maximum atomic E-state index is 12.3. The number of halogens is 3. The second kappa shape index (κ2) is 6.39. The minimum absolute atomic E-state index is 0.313. The SMILES string of the molecule is CCCCC(NC=O)C(=O)C1=NNC(C(F)(F)F)O1. The molecular formula is C10H14F3N3O3. The minimum atomic E-state index is -4.66. The first kappa shape index (κ1) is 15.3. The fourth-order valence-corrected chi connectivity index (χ4v) is 1.46. The Bertz CT molecular complexity index is 371. The van der Waals surface area contributed by atoms with Crippen LogP contribution in [0.15, 0.2) is 5.10 Å². The summed E-state index contributed by atoms with van der Waals surface area (Å²) in [4.78, 5) is 22.2. The first-order valence-electron chi connectivity index (χ1n) is 5.70. The highest BCUT2D eigenvalue weighted by molar-refractivity contribution is 6.38.